The minimum absolute atomic E-state index is 0. The lowest BCUT2D eigenvalue weighted by molar-refractivity contribution is 0.355. The lowest BCUT2D eigenvalue weighted by atomic mass is 10.3. The van der Waals surface area contributed by atoms with E-state index in [1.165, 1.54) is 41.4 Å². The third kappa shape index (κ3) is 11.0. The van der Waals surface area contributed by atoms with Gasteiger partial charge in [0.1, 0.15) is 0 Å². The monoisotopic (exact) mass is 269 g/mol. The SMILES string of the molecule is CCC(CC)[Si]CCCN(C)CCCl.Cl. The van der Waals surface area contributed by atoms with Crippen molar-refractivity contribution in [2.45, 2.75) is 44.7 Å². The Morgan fingerprint density at radius 1 is 1.20 bits per heavy atom. The van der Waals surface area contributed by atoms with Gasteiger partial charge in [0.2, 0.25) is 0 Å². The van der Waals surface area contributed by atoms with Crippen LogP contribution in [0.3, 0.4) is 0 Å². The second-order valence-corrected chi connectivity index (χ2v) is 5.92. The molecule has 2 radical (unpaired) electrons. The predicted molar refractivity (Wildman–Crippen MR) is 75.0 cm³/mol. The van der Waals surface area contributed by atoms with Crippen LogP contribution in [0.5, 0.6) is 0 Å². The Balaban J connectivity index is 0. The molecule has 0 aliphatic rings. The standard InChI is InChI=1S/C11H24ClNSi.ClH/c1-4-11(5-2)14-10-6-8-13(3)9-7-12;/h11H,4-10H2,1-3H3;1H. The number of alkyl halides is 1. The Morgan fingerprint density at radius 3 is 2.27 bits per heavy atom. The van der Waals surface area contributed by atoms with Crippen molar-refractivity contribution in [3.8, 4) is 0 Å². The van der Waals surface area contributed by atoms with Gasteiger partial charge in [0.15, 0.2) is 0 Å². The largest absolute Gasteiger partial charge is 0.305 e. The summed E-state index contributed by atoms with van der Waals surface area (Å²) in [7, 11) is 3.32. The first-order chi connectivity index (χ1) is 6.74. The van der Waals surface area contributed by atoms with Crippen LogP contribution in [0.1, 0.15) is 33.1 Å². The van der Waals surface area contributed by atoms with Gasteiger partial charge in [-0.2, -0.15) is 0 Å². The smallest absolute Gasteiger partial charge is 0.0413 e. The van der Waals surface area contributed by atoms with E-state index >= 15 is 0 Å². The van der Waals surface area contributed by atoms with Gasteiger partial charge in [0.25, 0.3) is 0 Å². The lowest BCUT2D eigenvalue weighted by Gasteiger charge is -2.15. The maximum Gasteiger partial charge on any atom is 0.0413 e. The number of rotatable bonds is 9. The molecule has 0 rings (SSSR count). The average Bonchev–Trinajstić information content (AvgIpc) is 2.19. The van der Waals surface area contributed by atoms with E-state index in [1.54, 1.807) is 0 Å². The minimum Gasteiger partial charge on any atom is -0.305 e. The van der Waals surface area contributed by atoms with Crippen molar-refractivity contribution in [1.82, 2.24) is 4.90 Å². The molecule has 0 aliphatic heterocycles. The van der Waals surface area contributed by atoms with Crippen molar-refractivity contribution in [2.75, 3.05) is 26.0 Å². The molecule has 0 heterocycles. The molecule has 92 valence electrons. The van der Waals surface area contributed by atoms with E-state index in [9.17, 15) is 0 Å². The molecule has 0 saturated carbocycles. The zero-order chi connectivity index (χ0) is 10.8. The maximum absolute atomic E-state index is 5.66. The second-order valence-electron chi connectivity index (χ2n) is 3.81. The molecule has 0 aromatic heterocycles. The highest BCUT2D eigenvalue weighted by Gasteiger charge is 2.04. The summed E-state index contributed by atoms with van der Waals surface area (Å²) in [6.45, 7) is 6.84. The molecule has 0 bridgehead atoms. The first-order valence-electron chi connectivity index (χ1n) is 5.72. The molecule has 15 heavy (non-hydrogen) atoms. The van der Waals surface area contributed by atoms with Crippen LogP contribution in [0.4, 0.5) is 0 Å². The van der Waals surface area contributed by atoms with E-state index in [1.807, 2.05) is 0 Å². The Labute approximate surface area is 109 Å². The molecule has 0 aliphatic carbocycles. The van der Waals surface area contributed by atoms with Crippen molar-refractivity contribution < 1.29 is 0 Å². The van der Waals surface area contributed by atoms with E-state index in [-0.39, 0.29) is 12.4 Å². The van der Waals surface area contributed by atoms with Crippen LogP contribution in [0.25, 0.3) is 0 Å². The predicted octanol–water partition coefficient (Wildman–Crippen LogP) is 3.70. The van der Waals surface area contributed by atoms with Crippen molar-refractivity contribution in [2.24, 2.45) is 0 Å². The Bertz CT molecular complexity index is 121. The van der Waals surface area contributed by atoms with Crippen LogP contribution in [0.15, 0.2) is 0 Å². The van der Waals surface area contributed by atoms with Crippen molar-refractivity contribution in [3.63, 3.8) is 0 Å². The van der Waals surface area contributed by atoms with Crippen molar-refractivity contribution >= 4 is 33.5 Å². The summed E-state index contributed by atoms with van der Waals surface area (Å²) in [6.07, 6.45) is 4.04. The summed E-state index contributed by atoms with van der Waals surface area (Å²) in [5.41, 5.74) is 0.980. The Hall–Kier alpha value is 0.757. The Morgan fingerprint density at radius 2 is 1.80 bits per heavy atom. The van der Waals surface area contributed by atoms with E-state index in [2.05, 4.69) is 25.8 Å². The van der Waals surface area contributed by atoms with Crippen LogP contribution in [-0.2, 0) is 0 Å². The minimum atomic E-state index is 0. The number of hydrogen-bond donors (Lipinski definition) is 0. The number of hydrogen-bond acceptors (Lipinski definition) is 1. The highest BCUT2D eigenvalue weighted by molar-refractivity contribution is 6.37. The highest BCUT2D eigenvalue weighted by atomic mass is 35.5. The molecule has 0 unspecified atom stereocenters. The first kappa shape index (κ1) is 18.1. The zero-order valence-electron chi connectivity index (χ0n) is 10.3. The third-order valence-electron chi connectivity index (χ3n) is 2.60. The Kier molecular flexibility index (Phi) is 15.5. The van der Waals surface area contributed by atoms with Gasteiger partial charge in [-0.1, -0.05) is 32.7 Å². The summed E-state index contributed by atoms with van der Waals surface area (Å²) in [5.74, 6) is 0.755. The number of nitrogens with zero attached hydrogens (tertiary/aromatic N) is 1. The van der Waals surface area contributed by atoms with E-state index in [0.29, 0.717) is 0 Å². The topological polar surface area (TPSA) is 3.24 Å². The molecule has 0 N–H and O–H groups in total. The van der Waals surface area contributed by atoms with Gasteiger partial charge >= 0.3 is 0 Å². The molecular weight excluding hydrogens is 245 g/mol. The molecule has 1 nitrogen and oxygen atoms in total. The normalized spacial score (nSPS) is 10.8. The highest BCUT2D eigenvalue weighted by Crippen LogP contribution is 2.15. The summed E-state index contributed by atoms with van der Waals surface area (Å²) in [6, 6.07) is 1.40. The summed E-state index contributed by atoms with van der Waals surface area (Å²) in [5, 5.41) is 0. The van der Waals surface area contributed by atoms with Crippen LogP contribution < -0.4 is 0 Å². The van der Waals surface area contributed by atoms with Gasteiger partial charge in [-0.25, -0.2) is 0 Å². The van der Waals surface area contributed by atoms with Crippen LogP contribution in [0, 0.1) is 0 Å². The fourth-order valence-electron chi connectivity index (χ4n) is 1.49. The molecule has 0 aromatic rings. The molecule has 4 heteroatoms. The van der Waals surface area contributed by atoms with Crippen LogP contribution in [-0.4, -0.2) is 40.4 Å². The van der Waals surface area contributed by atoms with Gasteiger partial charge in [-0.3, -0.25) is 0 Å². The maximum atomic E-state index is 5.66. The van der Waals surface area contributed by atoms with E-state index in [4.69, 9.17) is 11.6 Å². The average molecular weight is 270 g/mol. The van der Waals surface area contributed by atoms with Gasteiger partial charge in [-0.05, 0) is 25.6 Å². The summed E-state index contributed by atoms with van der Waals surface area (Å²) >= 11 is 5.66. The molecule has 0 fully saturated rings. The molecule has 0 amide bonds. The zero-order valence-corrected chi connectivity index (χ0v) is 12.8. The second kappa shape index (κ2) is 12.8. The van der Waals surface area contributed by atoms with Gasteiger partial charge < -0.3 is 4.90 Å². The molecular formula is C11H25Cl2NSi. The van der Waals surface area contributed by atoms with E-state index in [0.717, 1.165) is 18.0 Å². The van der Waals surface area contributed by atoms with Gasteiger partial charge in [-0.15, -0.1) is 24.0 Å². The van der Waals surface area contributed by atoms with Crippen LogP contribution >= 0.6 is 24.0 Å². The van der Waals surface area contributed by atoms with Crippen molar-refractivity contribution in [1.29, 1.82) is 0 Å². The molecule has 0 spiro atoms. The third-order valence-corrected chi connectivity index (χ3v) is 4.81. The molecule has 0 aromatic carbocycles. The molecule has 0 atom stereocenters. The van der Waals surface area contributed by atoms with Crippen LogP contribution in [0.2, 0.25) is 11.6 Å². The van der Waals surface area contributed by atoms with Crippen molar-refractivity contribution in [3.05, 3.63) is 0 Å². The van der Waals surface area contributed by atoms with E-state index < -0.39 is 0 Å². The fourth-order valence-corrected chi connectivity index (χ4v) is 3.12. The fraction of sp³-hybridized carbons (Fsp3) is 1.00. The van der Waals surface area contributed by atoms with Gasteiger partial charge in [0, 0.05) is 21.9 Å². The quantitative estimate of drug-likeness (QED) is 0.351. The first-order valence-corrected chi connectivity index (χ1v) is 7.54. The number of halogens is 2. The summed E-state index contributed by atoms with van der Waals surface area (Å²) in [4.78, 5) is 2.32. The summed E-state index contributed by atoms with van der Waals surface area (Å²) < 4.78 is 0. The van der Waals surface area contributed by atoms with Gasteiger partial charge in [0.05, 0.1) is 0 Å². The molecule has 0 saturated heterocycles. The lowest BCUT2D eigenvalue weighted by Crippen LogP contribution is -2.22.